The first-order valence-corrected chi connectivity index (χ1v) is 8.17. The van der Waals surface area contributed by atoms with Crippen LogP contribution in [0.25, 0.3) is 27.5 Å². The van der Waals surface area contributed by atoms with Gasteiger partial charge in [0, 0.05) is 22.3 Å². The van der Waals surface area contributed by atoms with Gasteiger partial charge in [0.05, 0.1) is 17.2 Å². The van der Waals surface area contributed by atoms with Gasteiger partial charge in [0.1, 0.15) is 5.56 Å². The Kier molecular flexibility index (Phi) is 3.69. The van der Waals surface area contributed by atoms with Gasteiger partial charge in [-0.25, -0.2) is 4.79 Å². The van der Waals surface area contributed by atoms with Crippen LogP contribution < -0.4 is 5.56 Å². The topological polar surface area (TPSA) is 64.1 Å². The number of benzene rings is 2. The van der Waals surface area contributed by atoms with E-state index in [1.807, 2.05) is 54.6 Å². The number of nitrogens with zero attached hydrogens (tertiary/aromatic N) is 1. The molecule has 1 N–H and O–H groups in total. The number of hydrogen-bond donors (Lipinski definition) is 1. The first-order valence-electron chi connectivity index (χ1n) is 8.17. The minimum atomic E-state index is -0.557. The first kappa shape index (κ1) is 15.9. The summed E-state index contributed by atoms with van der Waals surface area (Å²) in [4.78, 5) is 29.1. The number of pyridine rings is 1. The first-order chi connectivity index (χ1) is 12.6. The molecule has 4 aromatic rings. The van der Waals surface area contributed by atoms with Crippen LogP contribution >= 0.6 is 0 Å². The van der Waals surface area contributed by atoms with Gasteiger partial charge in [0.25, 0.3) is 5.56 Å². The molecule has 5 nitrogen and oxygen atoms in total. The number of carbonyl (C=O) groups excluding carboxylic acids is 1. The van der Waals surface area contributed by atoms with Gasteiger partial charge >= 0.3 is 5.97 Å². The van der Waals surface area contributed by atoms with E-state index >= 15 is 0 Å². The molecule has 0 atom stereocenters. The molecule has 0 spiro atoms. The standard InChI is InChI=1S/C21H16N2O3/c1-3-26-21(25)17-13(2)23(14-9-5-4-6-10-14)20(24)18-15-11-7-8-12-16(15)22-19(17)18/h3-12,22H,1H2,2H3. The summed E-state index contributed by atoms with van der Waals surface area (Å²) >= 11 is 0. The lowest BCUT2D eigenvalue weighted by molar-refractivity contribution is 0.0664. The summed E-state index contributed by atoms with van der Waals surface area (Å²) < 4.78 is 6.58. The molecule has 0 aliphatic heterocycles. The van der Waals surface area contributed by atoms with Crippen LogP contribution in [0, 0.1) is 6.92 Å². The maximum atomic E-state index is 13.3. The lowest BCUT2D eigenvalue weighted by atomic mass is 10.1. The van der Waals surface area contributed by atoms with E-state index in [1.165, 1.54) is 0 Å². The fraction of sp³-hybridized carbons (Fsp3) is 0.0476. The zero-order valence-electron chi connectivity index (χ0n) is 14.2. The van der Waals surface area contributed by atoms with Gasteiger partial charge in [-0.05, 0) is 25.1 Å². The summed E-state index contributed by atoms with van der Waals surface area (Å²) in [6.07, 6.45) is 1.09. The molecule has 5 heteroatoms. The highest BCUT2D eigenvalue weighted by molar-refractivity contribution is 6.14. The highest BCUT2D eigenvalue weighted by atomic mass is 16.5. The second-order valence-corrected chi connectivity index (χ2v) is 5.93. The van der Waals surface area contributed by atoms with E-state index in [2.05, 4.69) is 11.6 Å². The molecule has 0 fully saturated rings. The van der Waals surface area contributed by atoms with E-state index in [4.69, 9.17) is 4.74 Å². The van der Waals surface area contributed by atoms with Crippen LogP contribution in [0.2, 0.25) is 0 Å². The van der Waals surface area contributed by atoms with Crippen molar-refractivity contribution in [2.24, 2.45) is 0 Å². The zero-order valence-corrected chi connectivity index (χ0v) is 14.2. The summed E-state index contributed by atoms with van der Waals surface area (Å²) in [6, 6.07) is 16.7. The van der Waals surface area contributed by atoms with Crippen molar-refractivity contribution in [3.05, 3.63) is 89.0 Å². The lowest BCUT2D eigenvalue weighted by Crippen LogP contribution is -2.24. The fourth-order valence-corrected chi connectivity index (χ4v) is 3.38. The SMILES string of the molecule is C=COC(=O)c1c(C)n(-c2ccccc2)c(=O)c2c1[nH]c1ccccc12. The monoisotopic (exact) mass is 344 g/mol. The smallest absolute Gasteiger partial charge is 0.346 e. The van der Waals surface area contributed by atoms with Gasteiger partial charge in [-0.2, -0.15) is 0 Å². The van der Waals surface area contributed by atoms with Crippen molar-refractivity contribution >= 4 is 27.8 Å². The Bertz CT molecular complexity index is 1220. The molecule has 0 saturated carbocycles. The predicted octanol–water partition coefficient (Wildman–Crippen LogP) is 4.08. The van der Waals surface area contributed by atoms with E-state index in [0.29, 0.717) is 27.8 Å². The van der Waals surface area contributed by atoms with E-state index < -0.39 is 5.97 Å². The quantitative estimate of drug-likeness (QED) is 0.450. The molecule has 2 heterocycles. The Morgan fingerprint density at radius 2 is 1.81 bits per heavy atom. The number of nitrogens with one attached hydrogen (secondary N) is 1. The average molecular weight is 344 g/mol. The number of carbonyl (C=O) groups is 1. The van der Waals surface area contributed by atoms with Crippen molar-refractivity contribution in [1.29, 1.82) is 0 Å². The number of para-hydroxylation sites is 2. The normalized spacial score (nSPS) is 11.0. The predicted molar refractivity (Wildman–Crippen MR) is 102 cm³/mol. The van der Waals surface area contributed by atoms with Crippen molar-refractivity contribution in [3.8, 4) is 5.69 Å². The van der Waals surface area contributed by atoms with Gasteiger partial charge in [0.2, 0.25) is 0 Å². The second-order valence-electron chi connectivity index (χ2n) is 5.93. The lowest BCUT2D eigenvalue weighted by Gasteiger charge is -2.14. The second kappa shape index (κ2) is 6.04. The minimum absolute atomic E-state index is 0.184. The summed E-state index contributed by atoms with van der Waals surface area (Å²) in [5.74, 6) is -0.557. The maximum absolute atomic E-state index is 13.3. The van der Waals surface area contributed by atoms with Gasteiger partial charge < -0.3 is 9.72 Å². The third-order valence-corrected chi connectivity index (χ3v) is 4.48. The molecular formula is C21H16N2O3. The minimum Gasteiger partial charge on any atom is -0.431 e. The van der Waals surface area contributed by atoms with E-state index in [9.17, 15) is 9.59 Å². The van der Waals surface area contributed by atoms with Crippen molar-refractivity contribution in [2.75, 3.05) is 0 Å². The van der Waals surface area contributed by atoms with Crippen molar-refractivity contribution in [2.45, 2.75) is 6.92 Å². The molecule has 4 rings (SSSR count). The average Bonchev–Trinajstić information content (AvgIpc) is 3.02. The molecule has 128 valence electrons. The Hall–Kier alpha value is -3.60. The molecule has 0 aliphatic rings. The highest BCUT2D eigenvalue weighted by Crippen LogP contribution is 2.28. The van der Waals surface area contributed by atoms with Crippen LogP contribution in [0.15, 0.2) is 72.2 Å². The largest absolute Gasteiger partial charge is 0.431 e. The summed E-state index contributed by atoms with van der Waals surface area (Å²) in [6.45, 7) is 5.19. The Labute approximate surface area is 149 Å². The molecule has 0 amide bonds. The van der Waals surface area contributed by atoms with Crippen molar-refractivity contribution in [3.63, 3.8) is 0 Å². The summed E-state index contributed by atoms with van der Waals surface area (Å²) in [7, 11) is 0. The number of ether oxygens (including phenoxy) is 1. The van der Waals surface area contributed by atoms with Crippen LogP contribution in [0.4, 0.5) is 0 Å². The molecule has 0 radical (unpaired) electrons. The van der Waals surface area contributed by atoms with Crippen LogP contribution in [-0.4, -0.2) is 15.5 Å². The van der Waals surface area contributed by atoms with Crippen molar-refractivity contribution in [1.82, 2.24) is 9.55 Å². The number of esters is 1. The number of aromatic amines is 1. The Morgan fingerprint density at radius 3 is 2.54 bits per heavy atom. The molecule has 2 aromatic carbocycles. The van der Waals surface area contributed by atoms with E-state index in [0.717, 1.165) is 17.2 Å². The van der Waals surface area contributed by atoms with Gasteiger partial charge in [-0.15, -0.1) is 0 Å². The third kappa shape index (κ3) is 2.25. The molecule has 0 saturated heterocycles. The fourth-order valence-electron chi connectivity index (χ4n) is 3.38. The number of hydrogen-bond acceptors (Lipinski definition) is 3. The molecule has 0 unspecified atom stereocenters. The number of H-pyrrole nitrogens is 1. The van der Waals surface area contributed by atoms with Crippen molar-refractivity contribution < 1.29 is 9.53 Å². The van der Waals surface area contributed by atoms with Crippen LogP contribution in [0.5, 0.6) is 0 Å². The van der Waals surface area contributed by atoms with Crippen LogP contribution in [-0.2, 0) is 4.74 Å². The number of aromatic nitrogens is 2. The highest BCUT2D eigenvalue weighted by Gasteiger charge is 2.24. The maximum Gasteiger partial charge on any atom is 0.346 e. The van der Waals surface area contributed by atoms with Crippen LogP contribution in [0.3, 0.4) is 0 Å². The molecule has 2 aromatic heterocycles. The van der Waals surface area contributed by atoms with Gasteiger partial charge in [-0.1, -0.05) is 43.0 Å². The number of fused-ring (bicyclic) bond motifs is 3. The van der Waals surface area contributed by atoms with E-state index in [1.54, 1.807) is 11.5 Å². The molecular weight excluding hydrogens is 328 g/mol. The zero-order chi connectivity index (χ0) is 18.3. The Morgan fingerprint density at radius 1 is 1.12 bits per heavy atom. The summed E-state index contributed by atoms with van der Waals surface area (Å²) in [5.41, 5.74) is 2.60. The van der Waals surface area contributed by atoms with E-state index in [-0.39, 0.29) is 5.56 Å². The van der Waals surface area contributed by atoms with Crippen LogP contribution in [0.1, 0.15) is 16.1 Å². The van der Waals surface area contributed by atoms with Gasteiger partial charge in [0.15, 0.2) is 0 Å². The Balaban J connectivity index is 2.22. The third-order valence-electron chi connectivity index (χ3n) is 4.48. The molecule has 26 heavy (non-hydrogen) atoms. The molecule has 0 aliphatic carbocycles. The molecule has 0 bridgehead atoms. The summed E-state index contributed by atoms with van der Waals surface area (Å²) in [5, 5.41) is 1.23. The van der Waals surface area contributed by atoms with Gasteiger partial charge in [-0.3, -0.25) is 9.36 Å². The number of rotatable bonds is 3.